The van der Waals surface area contributed by atoms with E-state index >= 15 is 0 Å². The van der Waals surface area contributed by atoms with Crippen LogP contribution >= 0.6 is 11.3 Å². The highest BCUT2D eigenvalue weighted by Crippen LogP contribution is 2.41. The van der Waals surface area contributed by atoms with Gasteiger partial charge < -0.3 is 15.4 Å². The zero-order valence-corrected chi connectivity index (χ0v) is 11.2. The molecule has 2 aliphatic rings. The predicted octanol–water partition coefficient (Wildman–Crippen LogP) is 2.56. The lowest BCUT2D eigenvalue weighted by Gasteiger charge is -2.42. The van der Waals surface area contributed by atoms with E-state index in [1.54, 1.807) is 11.3 Å². The standard InChI is InChI=1S/C14H14N2O2S/c17-13-12-11(9-3-1-2-4-10(9)19-12)15-14(16-13)5-7-18-8-6-14/h1-4,15H,5-8H2,(H,16,17). The number of ether oxygens (including phenoxy) is 1. The first-order valence-corrected chi connectivity index (χ1v) is 7.29. The van der Waals surface area contributed by atoms with Crippen molar-refractivity contribution in [3.63, 3.8) is 0 Å². The van der Waals surface area contributed by atoms with Crippen LogP contribution < -0.4 is 10.6 Å². The Morgan fingerprint density at radius 1 is 1.16 bits per heavy atom. The molecule has 3 heterocycles. The molecule has 2 N–H and O–H groups in total. The number of hydrogen-bond donors (Lipinski definition) is 2. The van der Waals surface area contributed by atoms with Crippen LogP contribution in [0.2, 0.25) is 0 Å². The summed E-state index contributed by atoms with van der Waals surface area (Å²) in [6.07, 6.45) is 1.62. The summed E-state index contributed by atoms with van der Waals surface area (Å²) in [5.74, 6) is 0.0388. The molecule has 4 nitrogen and oxygen atoms in total. The topological polar surface area (TPSA) is 50.4 Å². The van der Waals surface area contributed by atoms with Gasteiger partial charge in [-0.25, -0.2) is 0 Å². The molecule has 2 aliphatic heterocycles. The van der Waals surface area contributed by atoms with E-state index in [1.807, 2.05) is 12.1 Å². The van der Waals surface area contributed by atoms with E-state index in [2.05, 4.69) is 22.8 Å². The third-order valence-corrected chi connectivity index (χ3v) is 5.03. The number of carbonyl (C=O) groups excluding carboxylic acids is 1. The molecular formula is C14H14N2O2S. The van der Waals surface area contributed by atoms with Gasteiger partial charge in [0.2, 0.25) is 0 Å². The summed E-state index contributed by atoms with van der Waals surface area (Å²) in [6.45, 7) is 1.37. The number of amides is 1. The lowest BCUT2D eigenvalue weighted by atomic mass is 9.96. The van der Waals surface area contributed by atoms with Crippen LogP contribution in [0.4, 0.5) is 5.69 Å². The number of fused-ring (bicyclic) bond motifs is 3. The average molecular weight is 274 g/mol. The van der Waals surface area contributed by atoms with Crippen molar-refractivity contribution in [3.05, 3.63) is 29.1 Å². The number of nitrogens with one attached hydrogen (secondary N) is 2. The summed E-state index contributed by atoms with van der Waals surface area (Å²) in [5.41, 5.74) is 0.665. The van der Waals surface area contributed by atoms with Gasteiger partial charge in [-0.05, 0) is 6.07 Å². The number of benzene rings is 1. The molecule has 1 amide bonds. The van der Waals surface area contributed by atoms with Gasteiger partial charge in [-0.2, -0.15) is 0 Å². The molecule has 1 spiro atoms. The normalized spacial score (nSPS) is 20.9. The quantitative estimate of drug-likeness (QED) is 0.776. The zero-order valence-electron chi connectivity index (χ0n) is 10.4. The Bertz CT molecular complexity index is 659. The minimum atomic E-state index is -0.327. The van der Waals surface area contributed by atoms with Crippen LogP contribution in [-0.4, -0.2) is 24.8 Å². The summed E-state index contributed by atoms with van der Waals surface area (Å²) < 4.78 is 6.55. The van der Waals surface area contributed by atoms with Gasteiger partial charge in [0.25, 0.3) is 5.91 Å². The third kappa shape index (κ3) is 1.65. The highest BCUT2D eigenvalue weighted by atomic mass is 32.1. The Labute approximate surface area is 114 Å². The summed E-state index contributed by atoms with van der Waals surface area (Å²) in [5, 5.41) is 7.84. The maximum Gasteiger partial charge on any atom is 0.265 e. The number of rotatable bonds is 0. The third-order valence-electron chi connectivity index (χ3n) is 3.87. The maximum absolute atomic E-state index is 12.3. The first-order chi connectivity index (χ1) is 9.27. The summed E-state index contributed by atoms with van der Waals surface area (Å²) >= 11 is 1.55. The molecule has 0 aliphatic carbocycles. The molecule has 0 bridgehead atoms. The fourth-order valence-electron chi connectivity index (χ4n) is 2.84. The Morgan fingerprint density at radius 3 is 2.79 bits per heavy atom. The lowest BCUT2D eigenvalue weighted by molar-refractivity contribution is 0.0439. The first kappa shape index (κ1) is 11.3. The van der Waals surface area contributed by atoms with Crippen LogP contribution in [-0.2, 0) is 4.74 Å². The molecule has 19 heavy (non-hydrogen) atoms. The molecule has 1 fully saturated rings. The molecule has 1 aromatic heterocycles. The van der Waals surface area contributed by atoms with Crippen molar-refractivity contribution in [2.24, 2.45) is 0 Å². The van der Waals surface area contributed by atoms with Crippen LogP contribution in [0, 0.1) is 0 Å². The molecule has 0 saturated carbocycles. The first-order valence-electron chi connectivity index (χ1n) is 6.47. The molecule has 0 unspecified atom stereocenters. The Hall–Kier alpha value is -1.59. The van der Waals surface area contributed by atoms with Gasteiger partial charge >= 0.3 is 0 Å². The van der Waals surface area contributed by atoms with E-state index in [0.717, 1.165) is 33.5 Å². The lowest BCUT2D eigenvalue weighted by Crippen LogP contribution is -2.59. The number of hydrogen-bond acceptors (Lipinski definition) is 4. The zero-order chi connectivity index (χ0) is 12.9. The molecule has 0 radical (unpaired) electrons. The second kappa shape index (κ2) is 3.95. The fraction of sp³-hybridized carbons (Fsp3) is 0.357. The van der Waals surface area contributed by atoms with Crippen LogP contribution in [0.25, 0.3) is 10.1 Å². The van der Waals surface area contributed by atoms with Crippen molar-refractivity contribution in [1.29, 1.82) is 0 Å². The van der Waals surface area contributed by atoms with E-state index in [4.69, 9.17) is 4.74 Å². The van der Waals surface area contributed by atoms with Crippen molar-refractivity contribution in [3.8, 4) is 0 Å². The summed E-state index contributed by atoms with van der Waals surface area (Å²) in [7, 11) is 0. The van der Waals surface area contributed by atoms with Gasteiger partial charge in [0.15, 0.2) is 0 Å². The van der Waals surface area contributed by atoms with Gasteiger partial charge in [-0.3, -0.25) is 4.79 Å². The van der Waals surface area contributed by atoms with Crippen molar-refractivity contribution < 1.29 is 9.53 Å². The summed E-state index contributed by atoms with van der Waals surface area (Å²) in [4.78, 5) is 13.1. The van der Waals surface area contributed by atoms with Crippen LogP contribution in [0.15, 0.2) is 24.3 Å². The Balaban J connectivity index is 1.86. The molecular weight excluding hydrogens is 260 g/mol. The van der Waals surface area contributed by atoms with E-state index in [0.29, 0.717) is 13.2 Å². The number of carbonyl (C=O) groups is 1. The highest BCUT2D eigenvalue weighted by Gasteiger charge is 2.40. The van der Waals surface area contributed by atoms with Gasteiger partial charge in [0.1, 0.15) is 10.5 Å². The Kier molecular flexibility index (Phi) is 2.34. The van der Waals surface area contributed by atoms with Crippen molar-refractivity contribution >= 4 is 33.0 Å². The van der Waals surface area contributed by atoms with E-state index in [-0.39, 0.29) is 11.6 Å². The molecule has 1 aromatic carbocycles. The van der Waals surface area contributed by atoms with Crippen molar-refractivity contribution in [1.82, 2.24) is 5.32 Å². The molecule has 98 valence electrons. The molecule has 1 saturated heterocycles. The number of thiophene rings is 1. The SMILES string of the molecule is O=C1NC2(CCOCC2)Nc2c1sc1ccccc21. The van der Waals surface area contributed by atoms with Crippen molar-refractivity contribution in [2.45, 2.75) is 18.5 Å². The van der Waals surface area contributed by atoms with Gasteiger partial charge in [-0.1, -0.05) is 18.2 Å². The monoisotopic (exact) mass is 274 g/mol. The maximum atomic E-state index is 12.3. The fourth-order valence-corrected chi connectivity index (χ4v) is 3.90. The van der Waals surface area contributed by atoms with Gasteiger partial charge in [-0.15, -0.1) is 11.3 Å². The van der Waals surface area contributed by atoms with Gasteiger partial charge in [0.05, 0.1) is 18.9 Å². The van der Waals surface area contributed by atoms with Crippen molar-refractivity contribution in [2.75, 3.05) is 18.5 Å². The van der Waals surface area contributed by atoms with Crippen LogP contribution in [0.5, 0.6) is 0 Å². The molecule has 0 atom stereocenters. The second-order valence-electron chi connectivity index (χ2n) is 5.08. The Morgan fingerprint density at radius 2 is 1.95 bits per heavy atom. The predicted molar refractivity (Wildman–Crippen MR) is 75.7 cm³/mol. The largest absolute Gasteiger partial charge is 0.381 e. The molecule has 4 rings (SSSR count). The van der Waals surface area contributed by atoms with Gasteiger partial charge in [0, 0.05) is 22.9 Å². The smallest absolute Gasteiger partial charge is 0.265 e. The van der Waals surface area contributed by atoms with E-state index in [9.17, 15) is 4.79 Å². The van der Waals surface area contributed by atoms with Crippen LogP contribution in [0.3, 0.4) is 0 Å². The number of anilines is 1. The molecule has 5 heteroatoms. The second-order valence-corrected chi connectivity index (χ2v) is 6.13. The van der Waals surface area contributed by atoms with E-state index < -0.39 is 0 Å². The van der Waals surface area contributed by atoms with Crippen LogP contribution in [0.1, 0.15) is 22.5 Å². The minimum Gasteiger partial charge on any atom is -0.381 e. The minimum absolute atomic E-state index is 0.0388. The summed E-state index contributed by atoms with van der Waals surface area (Å²) in [6, 6.07) is 8.15. The van der Waals surface area contributed by atoms with E-state index in [1.165, 1.54) is 0 Å². The average Bonchev–Trinajstić information content (AvgIpc) is 2.79. The highest BCUT2D eigenvalue weighted by molar-refractivity contribution is 7.21. The molecule has 2 aromatic rings.